The molecule has 0 saturated carbocycles. The summed E-state index contributed by atoms with van der Waals surface area (Å²) in [6.07, 6.45) is 1.48. The minimum atomic E-state index is -0.406. The number of likely N-dealkylation sites (tertiary alicyclic amines) is 1. The van der Waals surface area contributed by atoms with Crippen LogP contribution in [0.4, 0.5) is 0 Å². The molecule has 3 heterocycles. The lowest BCUT2D eigenvalue weighted by Crippen LogP contribution is -2.61. The van der Waals surface area contributed by atoms with Crippen LogP contribution in [0.2, 0.25) is 5.02 Å². The number of piperidine rings is 1. The number of benzene rings is 1. The zero-order valence-corrected chi connectivity index (χ0v) is 18.3. The lowest BCUT2D eigenvalue weighted by molar-refractivity contribution is -0.182. The molecule has 156 valence electrons. The Morgan fingerprint density at radius 3 is 2.72 bits per heavy atom. The average molecular weight is 434 g/mol. The third-order valence-corrected chi connectivity index (χ3v) is 6.95. The van der Waals surface area contributed by atoms with Gasteiger partial charge in [-0.25, -0.2) is 0 Å². The maximum Gasteiger partial charge on any atom is 0.250 e. The normalized spacial score (nSPS) is 22.6. The lowest BCUT2D eigenvalue weighted by atomic mass is 9.88. The second kappa shape index (κ2) is 9.14. The standard InChI is InChI=1S/C22H28ClN3O2S/c1-25-15-20(21(27)24-13-19-3-2-12-29-19)28-22(16-25)8-10-26(11-9-22)14-17-4-6-18(23)7-5-17/h2-7,12,20H,8-11,13-16H2,1H3,(H,24,27)/t20-/m0/s1. The van der Waals surface area contributed by atoms with Crippen LogP contribution in [-0.2, 0) is 22.6 Å². The molecule has 0 unspecified atom stereocenters. The van der Waals surface area contributed by atoms with Crippen molar-refractivity contribution in [3.8, 4) is 0 Å². The fraction of sp³-hybridized carbons (Fsp3) is 0.500. The lowest BCUT2D eigenvalue weighted by Gasteiger charge is -2.48. The number of likely N-dealkylation sites (N-methyl/N-ethyl adjacent to an activating group) is 1. The van der Waals surface area contributed by atoms with Gasteiger partial charge >= 0.3 is 0 Å². The number of thiophene rings is 1. The van der Waals surface area contributed by atoms with E-state index in [2.05, 4.69) is 34.3 Å². The van der Waals surface area contributed by atoms with E-state index in [-0.39, 0.29) is 11.5 Å². The van der Waals surface area contributed by atoms with Crippen LogP contribution in [0.5, 0.6) is 0 Å². The molecular formula is C22H28ClN3O2S. The number of rotatable bonds is 5. The van der Waals surface area contributed by atoms with Crippen molar-refractivity contribution in [2.45, 2.75) is 37.6 Å². The first-order chi connectivity index (χ1) is 14.0. The van der Waals surface area contributed by atoms with E-state index in [0.29, 0.717) is 13.1 Å². The highest BCUT2D eigenvalue weighted by molar-refractivity contribution is 7.09. The van der Waals surface area contributed by atoms with Crippen LogP contribution in [-0.4, -0.2) is 60.6 Å². The molecular weight excluding hydrogens is 406 g/mol. The molecule has 2 aliphatic rings. The van der Waals surface area contributed by atoms with Gasteiger partial charge in [-0.1, -0.05) is 29.8 Å². The Bertz CT molecular complexity index is 804. The van der Waals surface area contributed by atoms with Gasteiger partial charge in [0.25, 0.3) is 5.91 Å². The van der Waals surface area contributed by atoms with Crippen molar-refractivity contribution in [2.24, 2.45) is 0 Å². The van der Waals surface area contributed by atoms with Gasteiger partial charge in [-0.15, -0.1) is 11.3 Å². The van der Waals surface area contributed by atoms with E-state index in [1.165, 1.54) is 5.56 Å². The van der Waals surface area contributed by atoms with Crippen LogP contribution >= 0.6 is 22.9 Å². The van der Waals surface area contributed by atoms with E-state index in [1.54, 1.807) is 11.3 Å². The quantitative estimate of drug-likeness (QED) is 0.785. The maximum absolute atomic E-state index is 12.7. The molecule has 29 heavy (non-hydrogen) atoms. The maximum atomic E-state index is 12.7. The molecule has 0 radical (unpaired) electrons. The number of carbonyl (C=O) groups excluding carboxylic acids is 1. The first kappa shape index (κ1) is 20.8. The number of carbonyl (C=O) groups is 1. The summed E-state index contributed by atoms with van der Waals surface area (Å²) >= 11 is 7.65. The Morgan fingerprint density at radius 1 is 1.28 bits per heavy atom. The van der Waals surface area contributed by atoms with Crippen LogP contribution in [0.3, 0.4) is 0 Å². The number of halogens is 1. The molecule has 1 spiro atoms. The van der Waals surface area contributed by atoms with Crippen molar-refractivity contribution >= 4 is 28.8 Å². The van der Waals surface area contributed by atoms with E-state index < -0.39 is 6.10 Å². The second-order valence-electron chi connectivity index (χ2n) is 8.19. The first-order valence-electron chi connectivity index (χ1n) is 10.1. The highest BCUT2D eigenvalue weighted by Crippen LogP contribution is 2.32. The van der Waals surface area contributed by atoms with Crippen LogP contribution < -0.4 is 5.32 Å². The van der Waals surface area contributed by atoms with Gasteiger partial charge < -0.3 is 15.0 Å². The van der Waals surface area contributed by atoms with E-state index in [4.69, 9.17) is 16.3 Å². The molecule has 1 aromatic heterocycles. The predicted molar refractivity (Wildman–Crippen MR) is 117 cm³/mol. The molecule has 2 aromatic rings. The zero-order valence-electron chi connectivity index (χ0n) is 16.8. The highest BCUT2D eigenvalue weighted by atomic mass is 35.5. The number of hydrogen-bond donors (Lipinski definition) is 1. The van der Waals surface area contributed by atoms with Gasteiger partial charge in [-0.3, -0.25) is 9.69 Å². The molecule has 1 atom stereocenters. The van der Waals surface area contributed by atoms with E-state index >= 15 is 0 Å². The van der Waals surface area contributed by atoms with Crippen LogP contribution in [0, 0.1) is 0 Å². The topological polar surface area (TPSA) is 44.8 Å². The Hall–Kier alpha value is -1.44. The third-order valence-electron chi connectivity index (χ3n) is 5.82. The summed E-state index contributed by atoms with van der Waals surface area (Å²) in [4.78, 5) is 18.6. The van der Waals surface area contributed by atoms with E-state index in [9.17, 15) is 4.79 Å². The summed E-state index contributed by atoms with van der Waals surface area (Å²) in [6, 6.07) is 12.1. The molecule has 2 aliphatic heterocycles. The molecule has 2 fully saturated rings. The van der Waals surface area contributed by atoms with Crippen molar-refractivity contribution in [3.05, 3.63) is 57.2 Å². The Kier molecular flexibility index (Phi) is 6.56. The van der Waals surface area contributed by atoms with Crippen molar-refractivity contribution in [3.63, 3.8) is 0 Å². The molecule has 1 aromatic carbocycles. The summed E-state index contributed by atoms with van der Waals surface area (Å²) in [6.45, 7) is 4.97. The van der Waals surface area contributed by atoms with Gasteiger partial charge in [0.05, 0.1) is 12.1 Å². The summed E-state index contributed by atoms with van der Waals surface area (Å²) in [5.41, 5.74) is 1.05. The number of nitrogens with zero attached hydrogens (tertiary/aromatic N) is 2. The number of nitrogens with one attached hydrogen (secondary N) is 1. The Morgan fingerprint density at radius 2 is 2.03 bits per heavy atom. The number of hydrogen-bond acceptors (Lipinski definition) is 5. The SMILES string of the molecule is CN1C[C@@H](C(=O)NCc2cccs2)OC2(CCN(Cc3ccc(Cl)cc3)CC2)C1. The monoisotopic (exact) mass is 433 g/mol. The van der Waals surface area contributed by atoms with Crippen LogP contribution in [0.15, 0.2) is 41.8 Å². The fourth-order valence-corrected chi connectivity index (χ4v) is 5.07. The van der Waals surface area contributed by atoms with E-state index in [0.717, 1.165) is 48.9 Å². The largest absolute Gasteiger partial charge is 0.359 e. The predicted octanol–water partition coefficient (Wildman–Crippen LogP) is 3.38. The number of amides is 1. The van der Waals surface area contributed by atoms with Gasteiger partial charge in [0.15, 0.2) is 0 Å². The highest BCUT2D eigenvalue weighted by Gasteiger charge is 2.43. The summed E-state index contributed by atoms with van der Waals surface area (Å²) in [5.74, 6) is -0.00656. The number of ether oxygens (including phenoxy) is 1. The minimum absolute atomic E-state index is 0.00656. The molecule has 1 amide bonds. The van der Waals surface area contributed by atoms with Crippen LogP contribution in [0.25, 0.3) is 0 Å². The smallest absolute Gasteiger partial charge is 0.250 e. The molecule has 2 saturated heterocycles. The van der Waals surface area contributed by atoms with Gasteiger partial charge in [0.2, 0.25) is 0 Å². The van der Waals surface area contributed by atoms with Gasteiger partial charge in [-0.2, -0.15) is 0 Å². The fourth-order valence-electron chi connectivity index (χ4n) is 4.30. The Labute approximate surface area is 181 Å². The summed E-state index contributed by atoms with van der Waals surface area (Å²) in [7, 11) is 2.09. The van der Waals surface area contributed by atoms with Crippen molar-refractivity contribution < 1.29 is 9.53 Å². The average Bonchev–Trinajstić information content (AvgIpc) is 3.23. The molecule has 0 aliphatic carbocycles. The first-order valence-corrected chi connectivity index (χ1v) is 11.4. The minimum Gasteiger partial charge on any atom is -0.359 e. The summed E-state index contributed by atoms with van der Waals surface area (Å²) < 4.78 is 6.44. The van der Waals surface area contributed by atoms with E-state index in [1.807, 2.05) is 29.6 Å². The van der Waals surface area contributed by atoms with Gasteiger partial charge in [0, 0.05) is 42.6 Å². The molecule has 1 N–H and O–H groups in total. The zero-order chi connectivity index (χ0) is 20.3. The Balaban J connectivity index is 1.31. The molecule has 7 heteroatoms. The number of morpholine rings is 1. The van der Waals surface area contributed by atoms with Crippen molar-refractivity contribution in [1.29, 1.82) is 0 Å². The van der Waals surface area contributed by atoms with Crippen molar-refractivity contribution in [2.75, 3.05) is 33.2 Å². The van der Waals surface area contributed by atoms with Gasteiger partial charge in [-0.05, 0) is 49.0 Å². The molecule has 4 rings (SSSR count). The summed E-state index contributed by atoms with van der Waals surface area (Å²) in [5, 5.41) is 5.84. The third kappa shape index (κ3) is 5.38. The molecule has 5 nitrogen and oxygen atoms in total. The molecule has 0 bridgehead atoms. The van der Waals surface area contributed by atoms with Crippen LogP contribution in [0.1, 0.15) is 23.3 Å². The second-order valence-corrected chi connectivity index (χ2v) is 9.65. The van der Waals surface area contributed by atoms with Crippen molar-refractivity contribution in [1.82, 2.24) is 15.1 Å². The van der Waals surface area contributed by atoms with Gasteiger partial charge in [0.1, 0.15) is 6.10 Å².